The molecule has 2 atom stereocenters. The van der Waals surface area contributed by atoms with Gasteiger partial charge in [-0.25, -0.2) is 0 Å². The maximum absolute atomic E-state index is 12.4. The number of hydrogen-bond acceptors (Lipinski definition) is 8. The predicted octanol–water partition coefficient (Wildman–Crippen LogP) is 1.00. The lowest BCUT2D eigenvalue weighted by Crippen LogP contribution is -2.32. The van der Waals surface area contributed by atoms with Crippen LogP contribution >= 0.6 is 23.1 Å². The highest BCUT2D eigenvalue weighted by Gasteiger charge is 2.39. The van der Waals surface area contributed by atoms with Crippen molar-refractivity contribution in [1.29, 1.82) is 0 Å². The molecule has 1 amide bonds. The van der Waals surface area contributed by atoms with Gasteiger partial charge in [-0.1, -0.05) is 23.1 Å². The summed E-state index contributed by atoms with van der Waals surface area (Å²) in [7, 11) is 0. The fourth-order valence-corrected chi connectivity index (χ4v) is 4.70. The van der Waals surface area contributed by atoms with E-state index in [0.29, 0.717) is 32.1 Å². The Bertz CT molecular complexity index is 707. The number of carbonyl (C=O) groups is 1. The van der Waals surface area contributed by atoms with E-state index in [1.165, 1.54) is 23.1 Å². The molecule has 0 saturated carbocycles. The first-order valence-electron chi connectivity index (χ1n) is 8.12. The van der Waals surface area contributed by atoms with E-state index in [1.807, 2.05) is 28.8 Å². The Balaban J connectivity index is 1.29. The van der Waals surface area contributed by atoms with E-state index in [1.54, 1.807) is 6.20 Å². The Kier molecular flexibility index (Phi) is 5.02. The summed E-state index contributed by atoms with van der Waals surface area (Å²) in [6, 6.07) is 1.98. The smallest absolute Gasteiger partial charge is 0.233 e. The van der Waals surface area contributed by atoms with Gasteiger partial charge in [-0.15, -0.1) is 10.2 Å². The monoisotopic (exact) mass is 381 g/mol. The molecule has 0 radical (unpaired) electrons. The van der Waals surface area contributed by atoms with Gasteiger partial charge in [-0.3, -0.25) is 9.48 Å². The standard InChI is InChI=1S/C15H19N5O3S2/c1-10-17-18-15(25-10)24-9-14(21)19-5-12-13(6-19)23-8-11(7-22-12)20-4-2-3-16-20/h2-4,11-13H,5-9H2,1H3/t12-,13-/m0/s1. The number of ether oxygens (including phenoxy) is 2. The van der Waals surface area contributed by atoms with Gasteiger partial charge in [0.15, 0.2) is 4.34 Å². The summed E-state index contributed by atoms with van der Waals surface area (Å²) >= 11 is 2.94. The van der Waals surface area contributed by atoms with Gasteiger partial charge in [0.25, 0.3) is 0 Å². The first-order valence-corrected chi connectivity index (χ1v) is 9.92. The predicted molar refractivity (Wildman–Crippen MR) is 92.7 cm³/mol. The molecule has 2 saturated heterocycles. The minimum atomic E-state index is -0.0710. The highest BCUT2D eigenvalue weighted by molar-refractivity contribution is 8.01. The topological polar surface area (TPSA) is 82.4 Å². The molecule has 25 heavy (non-hydrogen) atoms. The van der Waals surface area contributed by atoms with Crippen molar-refractivity contribution in [2.75, 3.05) is 32.1 Å². The molecule has 10 heteroatoms. The Morgan fingerprint density at radius 1 is 1.32 bits per heavy atom. The molecule has 0 aromatic carbocycles. The van der Waals surface area contributed by atoms with Gasteiger partial charge < -0.3 is 14.4 Å². The highest BCUT2D eigenvalue weighted by atomic mass is 32.2. The molecular formula is C15H19N5O3S2. The molecule has 0 N–H and O–H groups in total. The lowest BCUT2D eigenvalue weighted by Gasteiger charge is -2.18. The maximum atomic E-state index is 12.4. The van der Waals surface area contributed by atoms with Crippen LogP contribution in [0.3, 0.4) is 0 Å². The third-order valence-corrected chi connectivity index (χ3v) is 6.26. The van der Waals surface area contributed by atoms with Crippen molar-refractivity contribution in [1.82, 2.24) is 24.9 Å². The molecule has 8 nitrogen and oxygen atoms in total. The molecule has 0 unspecified atom stereocenters. The van der Waals surface area contributed by atoms with E-state index in [9.17, 15) is 4.79 Å². The van der Waals surface area contributed by atoms with E-state index < -0.39 is 0 Å². The molecular weight excluding hydrogens is 362 g/mol. The van der Waals surface area contributed by atoms with E-state index in [0.717, 1.165) is 9.35 Å². The Labute approximate surface area is 153 Å². The van der Waals surface area contributed by atoms with Crippen molar-refractivity contribution in [3.63, 3.8) is 0 Å². The summed E-state index contributed by atoms with van der Waals surface area (Å²) in [5.74, 6) is 0.450. The maximum Gasteiger partial charge on any atom is 0.233 e. The molecule has 2 aromatic heterocycles. The second kappa shape index (κ2) is 7.40. The number of carbonyl (C=O) groups excluding carboxylic acids is 1. The van der Waals surface area contributed by atoms with Crippen LogP contribution in [0.25, 0.3) is 0 Å². The van der Waals surface area contributed by atoms with Gasteiger partial charge >= 0.3 is 0 Å². The van der Waals surface area contributed by atoms with Crippen LogP contribution in [0, 0.1) is 6.92 Å². The van der Waals surface area contributed by atoms with E-state index in [2.05, 4.69) is 15.3 Å². The number of aromatic nitrogens is 4. The zero-order valence-corrected chi connectivity index (χ0v) is 15.4. The van der Waals surface area contributed by atoms with Crippen LogP contribution in [-0.2, 0) is 14.3 Å². The largest absolute Gasteiger partial charge is 0.371 e. The van der Waals surface area contributed by atoms with E-state index >= 15 is 0 Å². The average molecular weight is 381 g/mol. The van der Waals surface area contributed by atoms with Crippen LogP contribution in [0.15, 0.2) is 22.8 Å². The third kappa shape index (κ3) is 3.86. The van der Waals surface area contributed by atoms with Crippen LogP contribution in [-0.4, -0.2) is 75.0 Å². The molecule has 4 rings (SSSR count). The molecule has 0 spiro atoms. The quantitative estimate of drug-likeness (QED) is 0.731. The number of nitrogens with zero attached hydrogens (tertiary/aromatic N) is 5. The van der Waals surface area contributed by atoms with Gasteiger partial charge in [-0.2, -0.15) is 5.10 Å². The molecule has 2 aliphatic heterocycles. The Morgan fingerprint density at radius 3 is 2.68 bits per heavy atom. The van der Waals surface area contributed by atoms with Crippen molar-refractivity contribution in [3.05, 3.63) is 23.5 Å². The number of aryl methyl sites for hydroxylation is 1. The van der Waals surface area contributed by atoms with Gasteiger partial charge in [0.05, 0.1) is 25.0 Å². The van der Waals surface area contributed by atoms with Crippen LogP contribution in [0.5, 0.6) is 0 Å². The summed E-state index contributed by atoms with van der Waals surface area (Å²) in [5, 5.41) is 13.2. The fourth-order valence-electron chi connectivity index (χ4n) is 2.99. The zero-order valence-electron chi connectivity index (χ0n) is 13.8. The first kappa shape index (κ1) is 17.0. The first-order chi connectivity index (χ1) is 12.2. The Hall–Kier alpha value is -1.49. The number of thioether (sulfide) groups is 1. The third-order valence-electron chi connectivity index (χ3n) is 4.30. The Morgan fingerprint density at radius 2 is 2.08 bits per heavy atom. The second-order valence-corrected chi connectivity index (χ2v) is 8.46. The number of fused-ring (bicyclic) bond motifs is 1. The van der Waals surface area contributed by atoms with Crippen molar-refractivity contribution < 1.29 is 14.3 Å². The molecule has 0 aliphatic carbocycles. The molecule has 0 bridgehead atoms. The SMILES string of the molecule is Cc1nnc(SCC(=O)N2C[C@@H]3OCC(n4cccn4)CO[C@H]3C2)s1. The minimum absolute atomic E-state index is 0.0710. The van der Waals surface area contributed by atoms with Crippen LogP contribution in [0.2, 0.25) is 0 Å². The van der Waals surface area contributed by atoms with Gasteiger partial charge in [-0.05, 0) is 13.0 Å². The average Bonchev–Trinajstić information content (AvgIpc) is 3.33. The summed E-state index contributed by atoms with van der Waals surface area (Å²) in [4.78, 5) is 14.3. The normalized spacial score (nSPS) is 24.3. The van der Waals surface area contributed by atoms with Crippen LogP contribution < -0.4 is 0 Å². The number of rotatable bonds is 4. The van der Waals surface area contributed by atoms with Crippen LogP contribution in [0.4, 0.5) is 0 Å². The number of likely N-dealkylation sites (tertiary alicyclic amines) is 1. The molecule has 4 heterocycles. The highest BCUT2D eigenvalue weighted by Crippen LogP contribution is 2.26. The van der Waals surface area contributed by atoms with Gasteiger partial charge in [0.2, 0.25) is 5.91 Å². The molecule has 2 fully saturated rings. The van der Waals surface area contributed by atoms with Gasteiger partial charge in [0.1, 0.15) is 17.2 Å². The van der Waals surface area contributed by atoms with Crippen molar-refractivity contribution in [2.45, 2.75) is 29.5 Å². The lowest BCUT2D eigenvalue weighted by atomic mass is 10.3. The van der Waals surface area contributed by atoms with E-state index in [4.69, 9.17) is 9.47 Å². The zero-order chi connectivity index (χ0) is 17.2. The lowest BCUT2D eigenvalue weighted by molar-refractivity contribution is -0.128. The van der Waals surface area contributed by atoms with Crippen molar-refractivity contribution >= 4 is 29.0 Å². The summed E-state index contributed by atoms with van der Waals surface area (Å²) < 4.78 is 14.7. The fraction of sp³-hybridized carbons (Fsp3) is 0.600. The van der Waals surface area contributed by atoms with Gasteiger partial charge in [0, 0.05) is 25.5 Å². The minimum Gasteiger partial charge on any atom is -0.371 e. The van der Waals surface area contributed by atoms with Crippen molar-refractivity contribution in [3.8, 4) is 0 Å². The molecule has 134 valence electrons. The second-order valence-electron chi connectivity index (χ2n) is 6.06. The van der Waals surface area contributed by atoms with Crippen molar-refractivity contribution in [2.24, 2.45) is 0 Å². The van der Waals surface area contributed by atoms with E-state index in [-0.39, 0.29) is 24.2 Å². The van der Waals surface area contributed by atoms with Crippen LogP contribution in [0.1, 0.15) is 11.0 Å². The molecule has 2 aromatic rings. The number of hydrogen-bond donors (Lipinski definition) is 0. The number of amides is 1. The summed E-state index contributed by atoms with van der Waals surface area (Å²) in [6.07, 6.45) is 3.53. The summed E-state index contributed by atoms with van der Waals surface area (Å²) in [6.45, 7) is 4.15. The molecule has 2 aliphatic rings. The summed E-state index contributed by atoms with van der Waals surface area (Å²) in [5.41, 5.74) is 0.